The Bertz CT molecular complexity index is 822. The first-order chi connectivity index (χ1) is 12.2. The molecule has 2 aromatic heterocycles. The monoisotopic (exact) mass is 342 g/mol. The lowest BCUT2D eigenvalue weighted by Crippen LogP contribution is -2.26. The van der Waals surface area contributed by atoms with Crippen LogP contribution in [0.3, 0.4) is 0 Å². The molecule has 0 fully saturated rings. The number of aryl methyl sites for hydroxylation is 1. The minimum Gasteiger partial charge on any atom is -0.487 e. The zero-order chi connectivity index (χ0) is 17.6. The van der Waals surface area contributed by atoms with E-state index in [4.69, 9.17) is 18.7 Å². The molecule has 3 aromatic rings. The molecule has 1 aromatic carbocycles. The van der Waals surface area contributed by atoms with E-state index in [9.17, 15) is 4.79 Å². The molecule has 7 nitrogen and oxygen atoms in total. The van der Waals surface area contributed by atoms with Crippen molar-refractivity contribution in [2.75, 3.05) is 13.2 Å². The summed E-state index contributed by atoms with van der Waals surface area (Å²) in [5.41, 5.74) is 1.18. The number of hydrogen-bond acceptors (Lipinski definition) is 6. The van der Waals surface area contributed by atoms with Gasteiger partial charge in [-0.2, -0.15) is 0 Å². The standard InChI is InChI=1S/C18H18N2O5/c1-12-15(20-18(25-12)16-3-2-10-23-16)11-24-14-6-4-13(5-7-14)17(22)19-8-9-21/h2-7,10,21H,8-9,11H2,1H3,(H,19,22). The minimum absolute atomic E-state index is 0.0933. The van der Waals surface area contributed by atoms with Crippen LogP contribution in [0.4, 0.5) is 0 Å². The predicted molar refractivity (Wildman–Crippen MR) is 89.1 cm³/mol. The Morgan fingerprint density at radius 1 is 1.28 bits per heavy atom. The van der Waals surface area contributed by atoms with Crippen LogP contribution < -0.4 is 10.1 Å². The van der Waals surface area contributed by atoms with Crippen LogP contribution in [0, 0.1) is 6.92 Å². The Hall–Kier alpha value is -3.06. The molecule has 3 rings (SSSR count). The zero-order valence-corrected chi connectivity index (χ0v) is 13.7. The number of nitrogens with one attached hydrogen (secondary N) is 1. The highest BCUT2D eigenvalue weighted by molar-refractivity contribution is 5.94. The van der Waals surface area contributed by atoms with E-state index >= 15 is 0 Å². The van der Waals surface area contributed by atoms with Gasteiger partial charge in [-0.3, -0.25) is 4.79 Å². The molecular weight excluding hydrogens is 324 g/mol. The van der Waals surface area contributed by atoms with Crippen molar-refractivity contribution in [2.45, 2.75) is 13.5 Å². The molecule has 0 unspecified atom stereocenters. The molecule has 0 bridgehead atoms. The summed E-state index contributed by atoms with van der Waals surface area (Å²) in [7, 11) is 0. The average Bonchev–Trinajstić information content (AvgIpc) is 3.28. The van der Waals surface area contributed by atoms with Gasteiger partial charge in [0.15, 0.2) is 5.76 Å². The van der Waals surface area contributed by atoms with Gasteiger partial charge < -0.3 is 24.0 Å². The molecule has 0 aliphatic heterocycles. The average molecular weight is 342 g/mol. The number of nitrogens with zero attached hydrogens (tertiary/aromatic N) is 1. The van der Waals surface area contributed by atoms with Crippen LogP contribution in [-0.4, -0.2) is 29.1 Å². The van der Waals surface area contributed by atoms with E-state index < -0.39 is 0 Å². The van der Waals surface area contributed by atoms with Crippen molar-refractivity contribution in [1.82, 2.24) is 10.3 Å². The van der Waals surface area contributed by atoms with Crippen LogP contribution in [0.1, 0.15) is 21.8 Å². The van der Waals surface area contributed by atoms with E-state index in [1.165, 1.54) is 0 Å². The van der Waals surface area contributed by atoms with Gasteiger partial charge in [0.25, 0.3) is 11.8 Å². The number of oxazole rings is 1. The van der Waals surface area contributed by atoms with Gasteiger partial charge in [-0.25, -0.2) is 4.98 Å². The third kappa shape index (κ3) is 4.07. The Morgan fingerprint density at radius 3 is 2.76 bits per heavy atom. The van der Waals surface area contributed by atoms with Gasteiger partial charge in [-0.1, -0.05) is 0 Å². The first-order valence-electron chi connectivity index (χ1n) is 7.79. The van der Waals surface area contributed by atoms with Gasteiger partial charge in [0.2, 0.25) is 0 Å². The molecule has 25 heavy (non-hydrogen) atoms. The predicted octanol–water partition coefficient (Wildman–Crippen LogP) is 2.54. The number of aromatic nitrogens is 1. The minimum atomic E-state index is -0.240. The van der Waals surface area contributed by atoms with Crippen LogP contribution in [0.25, 0.3) is 11.7 Å². The van der Waals surface area contributed by atoms with Crippen LogP contribution in [0.15, 0.2) is 51.5 Å². The summed E-state index contributed by atoms with van der Waals surface area (Å²) in [6.07, 6.45) is 1.56. The lowest BCUT2D eigenvalue weighted by Gasteiger charge is -2.06. The second-order valence-electron chi connectivity index (χ2n) is 5.29. The number of hydrogen-bond donors (Lipinski definition) is 2. The fourth-order valence-electron chi connectivity index (χ4n) is 2.19. The molecule has 0 saturated heterocycles. The first kappa shape index (κ1) is 16.8. The second kappa shape index (κ2) is 7.67. The van der Waals surface area contributed by atoms with Crippen molar-refractivity contribution in [1.29, 1.82) is 0 Å². The molecule has 0 aliphatic rings. The summed E-state index contributed by atoms with van der Waals surface area (Å²) < 4.78 is 16.5. The van der Waals surface area contributed by atoms with Gasteiger partial charge in [-0.05, 0) is 43.3 Å². The molecule has 0 radical (unpaired) electrons. The molecule has 1 amide bonds. The molecule has 0 saturated carbocycles. The molecule has 0 atom stereocenters. The van der Waals surface area contributed by atoms with Crippen molar-refractivity contribution in [2.24, 2.45) is 0 Å². The summed E-state index contributed by atoms with van der Waals surface area (Å²) >= 11 is 0. The molecule has 130 valence electrons. The van der Waals surface area contributed by atoms with Gasteiger partial charge in [-0.15, -0.1) is 0 Å². The highest BCUT2D eigenvalue weighted by Gasteiger charge is 2.14. The zero-order valence-electron chi connectivity index (χ0n) is 13.7. The quantitative estimate of drug-likeness (QED) is 0.685. The maximum atomic E-state index is 11.8. The van der Waals surface area contributed by atoms with Crippen molar-refractivity contribution >= 4 is 5.91 Å². The smallest absolute Gasteiger partial charge is 0.263 e. The third-order valence-corrected chi connectivity index (χ3v) is 3.51. The Labute approximate surface area is 144 Å². The van der Waals surface area contributed by atoms with E-state index in [1.54, 1.807) is 42.7 Å². The molecular formula is C18H18N2O5. The van der Waals surface area contributed by atoms with E-state index in [0.29, 0.717) is 34.4 Å². The number of ether oxygens (including phenoxy) is 1. The number of carbonyl (C=O) groups excluding carboxylic acids is 1. The van der Waals surface area contributed by atoms with Crippen LogP contribution in [0.2, 0.25) is 0 Å². The lowest BCUT2D eigenvalue weighted by atomic mass is 10.2. The first-order valence-corrected chi connectivity index (χ1v) is 7.79. The second-order valence-corrected chi connectivity index (χ2v) is 5.29. The Kier molecular flexibility index (Phi) is 5.15. The van der Waals surface area contributed by atoms with Crippen molar-refractivity contribution < 1.29 is 23.5 Å². The number of furan rings is 1. The highest BCUT2D eigenvalue weighted by atomic mass is 16.5. The van der Waals surface area contributed by atoms with E-state index in [0.717, 1.165) is 0 Å². The number of amides is 1. The van der Waals surface area contributed by atoms with Crippen molar-refractivity contribution in [3.05, 3.63) is 59.7 Å². The van der Waals surface area contributed by atoms with Crippen LogP contribution >= 0.6 is 0 Å². The summed E-state index contributed by atoms with van der Waals surface area (Å²) in [4.78, 5) is 16.1. The fraction of sp³-hybridized carbons (Fsp3) is 0.222. The molecule has 0 spiro atoms. The Balaban J connectivity index is 1.61. The van der Waals surface area contributed by atoms with Crippen molar-refractivity contribution in [3.8, 4) is 17.4 Å². The van der Waals surface area contributed by atoms with Crippen LogP contribution in [0.5, 0.6) is 5.75 Å². The van der Waals surface area contributed by atoms with Gasteiger partial charge in [0.05, 0.1) is 12.9 Å². The number of benzene rings is 1. The van der Waals surface area contributed by atoms with Gasteiger partial charge >= 0.3 is 0 Å². The molecule has 7 heteroatoms. The van der Waals surface area contributed by atoms with Gasteiger partial charge in [0, 0.05) is 12.1 Å². The van der Waals surface area contributed by atoms with Crippen LogP contribution in [-0.2, 0) is 6.61 Å². The maximum absolute atomic E-state index is 11.8. The normalized spacial score (nSPS) is 10.6. The number of rotatable bonds is 7. The fourth-order valence-corrected chi connectivity index (χ4v) is 2.19. The summed E-state index contributed by atoms with van der Waals surface area (Å²) in [6.45, 7) is 2.18. The third-order valence-electron chi connectivity index (χ3n) is 3.51. The largest absolute Gasteiger partial charge is 0.487 e. The molecule has 2 heterocycles. The Morgan fingerprint density at radius 2 is 2.08 bits per heavy atom. The summed E-state index contributed by atoms with van der Waals surface area (Å²) in [6, 6.07) is 10.3. The highest BCUT2D eigenvalue weighted by Crippen LogP contribution is 2.23. The van der Waals surface area contributed by atoms with E-state index in [2.05, 4.69) is 10.3 Å². The summed E-state index contributed by atoms with van der Waals surface area (Å²) in [5.74, 6) is 2.01. The van der Waals surface area contributed by atoms with Crippen molar-refractivity contribution in [3.63, 3.8) is 0 Å². The lowest BCUT2D eigenvalue weighted by molar-refractivity contribution is 0.0944. The topological polar surface area (TPSA) is 97.7 Å². The van der Waals surface area contributed by atoms with Gasteiger partial charge in [0.1, 0.15) is 23.8 Å². The molecule has 2 N–H and O–H groups in total. The SMILES string of the molecule is Cc1oc(-c2ccco2)nc1COc1ccc(C(=O)NCCO)cc1. The maximum Gasteiger partial charge on any atom is 0.263 e. The van der Waals surface area contributed by atoms with E-state index in [1.807, 2.05) is 6.92 Å². The van der Waals surface area contributed by atoms with E-state index in [-0.39, 0.29) is 25.7 Å². The number of aliphatic hydroxyl groups excluding tert-OH is 1. The summed E-state index contributed by atoms with van der Waals surface area (Å²) in [5, 5.41) is 11.3. The number of carbonyl (C=O) groups is 1. The number of aliphatic hydroxyl groups is 1. The molecule has 0 aliphatic carbocycles.